The lowest BCUT2D eigenvalue weighted by molar-refractivity contribution is 0.0729. The zero-order chi connectivity index (χ0) is 20.7. The van der Waals surface area contributed by atoms with Gasteiger partial charge in [-0.1, -0.05) is 24.3 Å². The van der Waals surface area contributed by atoms with Crippen molar-refractivity contribution in [1.82, 2.24) is 29.7 Å². The Kier molecular flexibility index (Phi) is 9.45. The fraction of sp³-hybridized carbons (Fsp3) is 0.500. The number of benzene rings is 1. The van der Waals surface area contributed by atoms with Crippen LogP contribution in [0.2, 0.25) is 0 Å². The number of guanidine groups is 1. The van der Waals surface area contributed by atoms with E-state index in [4.69, 9.17) is 4.74 Å². The zero-order valence-electron chi connectivity index (χ0n) is 17.1. The van der Waals surface area contributed by atoms with Crippen LogP contribution in [0.15, 0.2) is 35.6 Å². The van der Waals surface area contributed by atoms with E-state index in [1.165, 1.54) is 10.6 Å². The SMILES string of the molecule is CN=C(NCc1ccccc1CS(=O)(=O)N1CCOCC1)NCc1ncnn1C.I. The highest BCUT2D eigenvalue weighted by Gasteiger charge is 2.25. The number of hydrogen-bond donors (Lipinski definition) is 2. The second-order valence-corrected chi connectivity index (χ2v) is 8.58. The molecule has 2 aromatic rings. The van der Waals surface area contributed by atoms with Crippen LogP contribution in [0.25, 0.3) is 0 Å². The lowest BCUT2D eigenvalue weighted by atomic mass is 10.1. The minimum absolute atomic E-state index is 0. The van der Waals surface area contributed by atoms with Crippen molar-refractivity contribution in [3.8, 4) is 0 Å². The molecule has 2 heterocycles. The Morgan fingerprint density at radius 1 is 1.17 bits per heavy atom. The maximum atomic E-state index is 12.8. The van der Waals surface area contributed by atoms with Crippen LogP contribution >= 0.6 is 24.0 Å². The Balaban J connectivity index is 0.00000320. The molecule has 12 heteroatoms. The third-order valence-corrected chi connectivity index (χ3v) is 6.54. The van der Waals surface area contributed by atoms with E-state index in [0.29, 0.717) is 45.4 Å². The first kappa shape index (κ1) is 24.5. The molecular weight excluding hydrogens is 521 g/mol. The van der Waals surface area contributed by atoms with Gasteiger partial charge in [0, 0.05) is 33.7 Å². The number of halogens is 1. The number of nitrogens with zero attached hydrogens (tertiary/aromatic N) is 5. The highest BCUT2D eigenvalue weighted by Crippen LogP contribution is 2.16. The number of morpholine rings is 1. The summed E-state index contributed by atoms with van der Waals surface area (Å²) in [6.07, 6.45) is 1.50. The van der Waals surface area contributed by atoms with Gasteiger partial charge < -0.3 is 15.4 Å². The van der Waals surface area contributed by atoms with E-state index in [0.717, 1.165) is 17.0 Å². The highest BCUT2D eigenvalue weighted by molar-refractivity contribution is 14.0. The molecule has 0 radical (unpaired) electrons. The van der Waals surface area contributed by atoms with E-state index in [1.807, 2.05) is 31.3 Å². The van der Waals surface area contributed by atoms with Gasteiger partial charge in [0.25, 0.3) is 0 Å². The predicted molar refractivity (Wildman–Crippen MR) is 125 cm³/mol. The summed E-state index contributed by atoms with van der Waals surface area (Å²) in [6.45, 7) is 2.62. The number of rotatable bonds is 7. The van der Waals surface area contributed by atoms with Gasteiger partial charge >= 0.3 is 0 Å². The molecule has 166 valence electrons. The molecule has 10 nitrogen and oxygen atoms in total. The van der Waals surface area contributed by atoms with E-state index in [9.17, 15) is 8.42 Å². The lowest BCUT2D eigenvalue weighted by Gasteiger charge is -2.26. The number of ether oxygens (including phenoxy) is 1. The summed E-state index contributed by atoms with van der Waals surface area (Å²) in [5, 5.41) is 10.4. The van der Waals surface area contributed by atoms with Crippen molar-refractivity contribution in [1.29, 1.82) is 0 Å². The van der Waals surface area contributed by atoms with Crippen LogP contribution in [0.4, 0.5) is 0 Å². The van der Waals surface area contributed by atoms with E-state index >= 15 is 0 Å². The minimum atomic E-state index is -3.39. The van der Waals surface area contributed by atoms with Crippen LogP contribution in [-0.4, -0.2) is 66.8 Å². The molecule has 1 aromatic carbocycles. The van der Waals surface area contributed by atoms with Crippen molar-refractivity contribution in [2.24, 2.45) is 12.0 Å². The van der Waals surface area contributed by atoms with Gasteiger partial charge in [0.2, 0.25) is 10.0 Å². The smallest absolute Gasteiger partial charge is 0.218 e. The average Bonchev–Trinajstić information content (AvgIpc) is 3.14. The van der Waals surface area contributed by atoms with Crippen LogP contribution in [0.1, 0.15) is 17.0 Å². The minimum Gasteiger partial charge on any atom is -0.379 e. The molecule has 0 atom stereocenters. The molecule has 0 saturated carbocycles. The molecule has 30 heavy (non-hydrogen) atoms. The van der Waals surface area contributed by atoms with Crippen molar-refractivity contribution < 1.29 is 13.2 Å². The summed E-state index contributed by atoms with van der Waals surface area (Å²) in [7, 11) is 0.120. The number of aryl methyl sites for hydroxylation is 1. The Bertz CT molecular complexity index is 943. The Hall–Kier alpha value is -1.77. The van der Waals surface area contributed by atoms with Crippen molar-refractivity contribution in [2.45, 2.75) is 18.8 Å². The monoisotopic (exact) mass is 549 g/mol. The largest absolute Gasteiger partial charge is 0.379 e. The van der Waals surface area contributed by atoms with E-state index in [-0.39, 0.29) is 29.7 Å². The van der Waals surface area contributed by atoms with Crippen LogP contribution in [0.3, 0.4) is 0 Å². The summed E-state index contributed by atoms with van der Waals surface area (Å²) in [4.78, 5) is 8.37. The first-order valence-corrected chi connectivity index (χ1v) is 11.0. The molecule has 0 unspecified atom stereocenters. The third-order valence-electron chi connectivity index (χ3n) is 4.71. The second-order valence-electron chi connectivity index (χ2n) is 6.62. The normalized spacial score (nSPS) is 15.5. The maximum Gasteiger partial charge on any atom is 0.218 e. The summed E-state index contributed by atoms with van der Waals surface area (Å²) >= 11 is 0. The van der Waals surface area contributed by atoms with Gasteiger partial charge in [0.15, 0.2) is 5.96 Å². The standard InChI is InChI=1S/C18H27N7O3S.HI/c1-19-18(21-12-17-22-14-23-24(17)2)20-11-15-5-3-4-6-16(15)13-29(26,27)25-7-9-28-10-8-25;/h3-6,14H,7-13H2,1-2H3,(H2,19,20,21);1H. The number of aliphatic imine (C=N–C) groups is 1. The fourth-order valence-electron chi connectivity index (χ4n) is 3.03. The number of hydrogen-bond acceptors (Lipinski definition) is 6. The van der Waals surface area contributed by atoms with Crippen LogP contribution < -0.4 is 10.6 Å². The van der Waals surface area contributed by atoms with Gasteiger partial charge in [0.05, 0.1) is 25.5 Å². The summed E-state index contributed by atoms with van der Waals surface area (Å²) in [6, 6.07) is 7.53. The number of sulfonamides is 1. The molecule has 1 aliphatic heterocycles. The molecular formula is C18H28IN7O3S. The van der Waals surface area contributed by atoms with E-state index in [2.05, 4.69) is 25.7 Å². The van der Waals surface area contributed by atoms with Crippen LogP contribution in [0, 0.1) is 0 Å². The van der Waals surface area contributed by atoms with Gasteiger partial charge in [-0.2, -0.15) is 9.40 Å². The quantitative estimate of drug-likeness (QED) is 0.293. The molecule has 0 spiro atoms. The topological polar surface area (TPSA) is 114 Å². The maximum absolute atomic E-state index is 12.8. The molecule has 2 N–H and O–H groups in total. The average molecular weight is 549 g/mol. The van der Waals surface area contributed by atoms with Crippen molar-refractivity contribution in [3.05, 3.63) is 47.5 Å². The number of aromatic nitrogens is 3. The van der Waals surface area contributed by atoms with E-state index < -0.39 is 10.0 Å². The highest BCUT2D eigenvalue weighted by atomic mass is 127. The molecule has 1 saturated heterocycles. The molecule has 0 amide bonds. The lowest BCUT2D eigenvalue weighted by Crippen LogP contribution is -2.41. The molecule has 0 aliphatic carbocycles. The Morgan fingerprint density at radius 3 is 2.47 bits per heavy atom. The van der Waals surface area contributed by atoms with Crippen molar-refractivity contribution in [3.63, 3.8) is 0 Å². The van der Waals surface area contributed by atoms with Crippen molar-refractivity contribution in [2.75, 3.05) is 33.4 Å². The van der Waals surface area contributed by atoms with Gasteiger partial charge in [-0.25, -0.2) is 13.4 Å². The molecule has 1 aliphatic rings. The fourth-order valence-corrected chi connectivity index (χ4v) is 4.59. The molecule has 0 bridgehead atoms. The first-order chi connectivity index (χ1) is 14.0. The first-order valence-electron chi connectivity index (χ1n) is 9.39. The number of nitrogens with one attached hydrogen (secondary N) is 2. The van der Waals surface area contributed by atoms with E-state index in [1.54, 1.807) is 11.7 Å². The predicted octanol–water partition coefficient (Wildman–Crippen LogP) is 0.460. The van der Waals surface area contributed by atoms with Gasteiger partial charge in [0.1, 0.15) is 12.2 Å². The summed E-state index contributed by atoms with van der Waals surface area (Å²) in [5.41, 5.74) is 1.68. The second kappa shape index (κ2) is 11.6. The summed E-state index contributed by atoms with van der Waals surface area (Å²) < 4.78 is 34.0. The Labute approximate surface area is 194 Å². The van der Waals surface area contributed by atoms with Crippen LogP contribution in [-0.2, 0) is 40.7 Å². The third kappa shape index (κ3) is 6.62. The van der Waals surface area contributed by atoms with Crippen LogP contribution in [0.5, 0.6) is 0 Å². The Morgan fingerprint density at radius 2 is 1.83 bits per heavy atom. The molecule has 1 fully saturated rings. The molecule has 3 rings (SSSR count). The zero-order valence-corrected chi connectivity index (χ0v) is 20.3. The van der Waals surface area contributed by atoms with Gasteiger partial charge in [-0.15, -0.1) is 24.0 Å². The van der Waals surface area contributed by atoms with Gasteiger partial charge in [-0.05, 0) is 11.1 Å². The summed E-state index contributed by atoms with van der Waals surface area (Å²) in [5.74, 6) is 1.35. The molecule has 1 aromatic heterocycles. The van der Waals surface area contributed by atoms with Gasteiger partial charge in [-0.3, -0.25) is 9.67 Å². The van der Waals surface area contributed by atoms with Crippen molar-refractivity contribution >= 4 is 40.0 Å².